The van der Waals surface area contributed by atoms with E-state index < -0.39 is 0 Å². The van der Waals surface area contributed by atoms with E-state index in [-0.39, 0.29) is 5.54 Å². The van der Waals surface area contributed by atoms with Crippen molar-refractivity contribution in [3.63, 3.8) is 0 Å². The fraction of sp³-hybridized carbons (Fsp3) is 1.00. The van der Waals surface area contributed by atoms with Crippen LogP contribution in [0.15, 0.2) is 0 Å². The summed E-state index contributed by atoms with van der Waals surface area (Å²) in [5.74, 6) is 0. The predicted octanol–water partition coefficient (Wildman–Crippen LogP) is 0.707. The summed E-state index contributed by atoms with van der Waals surface area (Å²) in [5.41, 5.74) is 5.82. The molecule has 0 aromatic rings. The normalized spacial score (nSPS) is 17.8. The van der Waals surface area contributed by atoms with Crippen molar-refractivity contribution in [1.29, 1.82) is 0 Å². The molecule has 0 aromatic carbocycles. The molecule has 0 radical (unpaired) electrons. The van der Waals surface area contributed by atoms with Crippen LogP contribution in [0.2, 0.25) is 0 Å². The van der Waals surface area contributed by atoms with Gasteiger partial charge in [0.1, 0.15) is 0 Å². The molecule has 0 saturated heterocycles. The second kappa shape index (κ2) is 7.17. The number of rotatable bonds is 8. The molecule has 0 aliphatic carbocycles. The molecule has 4 nitrogen and oxygen atoms in total. The van der Waals surface area contributed by atoms with Crippen LogP contribution in [-0.2, 0) is 9.47 Å². The summed E-state index contributed by atoms with van der Waals surface area (Å²) in [5, 5.41) is 0. The first-order valence-electron chi connectivity index (χ1n) is 5.42. The van der Waals surface area contributed by atoms with Crippen LogP contribution in [-0.4, -0.2) is 57.5 Å². The molecule has 4 heteroatoms. The molecule has 0 aliphatic rings. The van der Waals surface area contributed by atoms with Crippen LogP contribution in [0.1, 0.15) is 20.3 Å². The van der Waals surface area contributed by atoms with Gasteiger partial charge in [-0.05, 0) is 27.3 Å². The monoisotopic (exact) mass is 218 g/mol. The SMILES string of the molecule is COCCC(C)(CN)N(C)C(C)COC. The zero-order valence-corrected chi connectivity index (χ0v) is 10.7. The zero-order chi connectivity index (χ0) is 11.9. The predicted molar refractivity (Wildman–Crippen MR) is 63.1 cm³/mol. The van der Waals surface area contributed by atoms with E-state index in [4.69, 9.17) is 15.2 Å². The van der Waals surface area contributed by atoms with E-state index in [9.17, 15) is 0 Å². The lowest BCUT2D eigenvalue weighted by Crippen LogP contribution is -2.54. The molecule has 0 spiro atoms. The van der Waals surface area contributed by atoms with Gasteiger partial charge in [0.05, 0.1) is 6.61 Å². The van der Waals surface area contributed by atoms with Gasteiger partial charge in [0.25, 0.3) is 0 Å². The summed E-state index contributed by atoms with van der Waals surface area (Å²) < 4.78 is 10.3. The third kappa shape index (κ3) is 4.47. The van der Waals surface area contributed by atoms with Crippen molar-refractivity contribution in [2.24, 2.45) is 5.73 Å². The largest absolute Gasteiger partial charge is 0.385 e. The van der Waals surface area contributed by atoms with Gasteiger partial charge in [-0.3, -0.25) is 4.90 Å². The lowest BCUT2D eigenvalue weighted by atomic mass is 9.95. The average molecular weight is 218 g/mol. The summed E-state index contributed by atoms with van der Waals surface area (Å²) in [6, 6.07) is 0.361. The molecule has 0 heterocycles. The minimum absolute atomic E-state index is 0.0199. The smallest absolute Gasteiger partial charge is 0.0615 e. The van der Waals surface area contributed by atoms with E-state index in [2.05, 4.69) is 25.8 Å². The van der Waals surface area contributed by atoms with Gasteiger partial charge >= 0.3 is 0 Å². The van der Waals surface area contributed by atoms with Crippen molar-refractivity contribution in [2.75, 3.05) is 41.0 Å². The second-order valence-corrected chi connectivity index (χ2v) is 4.36. The molecule has 2 atom stereocenters. The summed E-state index contributed by atoms with van der Waals surface area (Å²) in [4.78, 5) is 2.27. The fourth-order valence-corrected chi connectivity index (χ4v) is 1.63. The van der Waals surface area contributed by atoms with Crippen LogP contribution in [0.4, 0.5) is 0 Å². The molecular weight excluding hydrogens is 192 g/mol. The Labute approximate surface area is 93.7 Å². The molecule has 2 N–H and O–H groups in total. The van der Waals surface area contributed by atoms with Gasteiger partial charge in [-0.15, -0.1) is 0 Å². The van der Waals surface area contributed by atoms with E-state index >= 15 is 0 Å². The molecule has 0 rings (SSSR count). The summed E-state index contributed by atoms with van der Waals surface area (Å²) in [6.07, 6.45) is 0.935. The molecule has 0 bridgehead atoms. The standard InChI is InChI=1S/C11H26N2O2/c1-10(8-15-5)13(3)11(2,9-12)6-7-14-4/h10H,6-9,12H2,1-5H3. The number of likely N-dealkylation sites (N-methyl/N-ethyl adjacent to an activating group) is 1. The number of hydrogen-bond acceptors (Lipinski definition) is 4. The van der Waals surface area contributed by atoms with Crippen molar-refractivity contribution in [2.45, 2.75) is 31.8 Å². The van der Waals surface area contributed by atoms with Gasteiger partial charge < -0.3 is 15.2 Å². The lowest BCUT2D eigenvalue weighted by molar-refractivity contribution is 0.0281. The molecule has 92 valence electrons. The average Bonchev–Trinajstić information content (AvgIpc) is 2.25. The topological polar surface area (TPSA) is 47.7 Å². The lowest BCUT2D eigenvalue weighted by Gasteiger charge is -2.41. The molecule has 0 saturated carbocycles. The van der Waals surface area contributed by atoms with Gasteiger partial charge in [0.15, 0.2) is 0 Å². The van der Waals surface area contributed by atoms with Crippen molar-refractivity contribution in [3.05, 3.63) is 0 Å². The van der Waals surface area contributed by atoms with E-state index in [0.29, 0.717) is 12.6 Å². The Bertz CT molecular complexity index is 167. The maximum Gasteiger partial charge on any atom is 0.0615 e. The summed E-state index contributed by atoms with van der Waals surface area (Å²) >= 11 is 0. The van der Waals surface area contributed by atoms with E-state index in [1.165, 1.54) is 0 Å². The first kappa shape index (κ1) is 14.8. The van der Waals surface area contributed by atoms with Crippen molar-refractivity contribution in [3.8, 4) is 0 Å². The fourth-order valence-electron chi connectivity index (χ4n) is 1.63. The molecular formula is C11H26N2O2. The molecule has 0 fully saturated rings. The van der Waals surface area contributed by atoms with Crippen molar-refractivity contribution < 1.29 is 9.47 Å². The van der Waals surface area contributed by atoms with Crippen LogP contribution in [0.5, 0.6) is 0 Å². The van der Waals surface area contributed by atoms with Crippen molar-refractivity contribution in [1.82, 2.24) is 4.90 Å². The highest BCUT2D eigenvalue weighted by Gasteiger charge is 2.30. The Morgan fingerprint density at radius 1 is 1.33 bits per heavy atom. The Morgan fingerprint density at radius 3 is 2.33 bits per heavy atom. The van der Waals surface area contributed by atoms with Crippen LogP contribution in [0.25, 0.3) is 0 Å². The maximum atomic E-state index is 5.84. The third-order valence-electron chi connectivity index (χ3n) is 3.21. The van der Waals surface area contributed by atoms with Crippen LogP contribution in [0.3, 0.4) is 0 Å². The number of hydrogen-bond donors (Lipinski definition) is 1. The Kier molecular flexibility index (Phi) is 7.09. The van der Waals surface area contributed by atoms with Crippen LogP contribution >= 0.6 is 0 Å². The zero-order valence-electron chi connectivity index (χ0n) is 10.7. The molecule has 15 heavy (non-hydrogen) atoms. The van der Waals surface area contributed by atoms with Gasteiger partial charge in [-0.2, -0.15) is 0 Å². The van der Waals surface area contributed by atoms with E-state index in [1.54, 1.807) is 14.2 Å². The first-order chi connectivity index (χ1) is 7.01. The first-order valence-corrected chi connectivity index (χ1v) is 5.42. The van der Waals surface area contributed by atoms with Gasteiger partial charge in [-0.25, -0.2) is 0 Å². The Hall–Kier alpha value is -0.160. The van der Waals surface area contributed by atoms with Crippen LogP contribution in [0, 0.1) is 0 Å². The van der Waals surface area contributed by atoms with E-state index in [0.717, 1.165) is 19.6 Å². The highest BCUT2D eigenvalue weighted by atomic mass is 16.5. The molecule has 0 amide bonds. The number of nitrogens with zero attached hydrogens (tertiary/aromatic N) is 1. The molecule has 2 unspecified atom stereocenters. The number of methoxy groups -OCH3 is 2. The van der Waals surface area contributed by atoms with Gasteiger partial charge in [0.2, 0.25) is 0 Å². The van der Waals surface area contributed by atoms with Crippen molar-refractivity contribution >= 4 is 0 Å². The second-order valence-electron chi connectivity index (χ2n) is 4.36. The molecule has 0 aromatic heterocycles. The van der Waals surface area contributed by atoms with Gasteiger partial charge in [-0.1, -0.05) is 0 Å². The highest BCUT2D eigenvalue weighted by molar-refractivity contribution is 4.88. The third-order valence-corrected chi connectivity index (χ3v) is 3.21. The number of nitrogens with two attached hydrogens (primary N) is 1. The molecule has 0 aliphatic heterocycles. The number of ether oxygens (including phenoxy) is 2. The summed E-state index contributed by atoms with van der Waals surface area (Å²) in [6.45, 7) is 6.39. The minimum atomic E-state index is -0.0199. The maximum absolute atomic E-state index is 5.84. The Morgan fingerprint density at radius 2 is 1.93 bits per heavy atom. The van der Waals surface area contributed by atoms with Gasteiger partial charge in [0, 0.05) is 39.0 Å². The summed E-state index contributed by atoms with van der Waals surface area (Å²) in [7, 11) is 5.53. The highest BCUT2D eigenvalue weighted by Crippen LogP contribution is 2.19. The minimum Gasteiger partial charge on any atom is -0.385 e. The Balaban J connectivity index is 4.34. The quantitative estimate of drug-likeness (QED) is 0.652. The van der Waals surface area contributed by atoms with Crippen LogP contribution < -0.4 is 5.73 Å². The van der Waals surface area contributed by atoms with E-state index in [1.807, 2.05) is 0 Å².